The first-order valence-corrected chi connectivity index (χ1v) is 10.6. The number of alkyl halides is 3. The van der Waals surface area contributed by atoms with Gasteiger partial charge in [-0.15, -0.1) is 10.2 Å². The Labute approximate surface area is 187 Å². The predicted octanol–water partition coefficient (Wildman–Crippen LogP) is 5.29. The third-order valence-electron chi connectivity index (χ3n) is 6.33. The molecule has 5 rings (SSSR count). The minimum absolute atomic E-state index is 0.00994. The third kappa shape index (κ3) is 3.55. The molecule has 0 spiro atoms. The first-order valence-electron chi connectivity index (χ1n) is 10.6. The number of hydrogen-bond acceptors (Lipinski definition) is 6. The van der Waals surface area contributed by atoms with Crippen LogP contribution in [-0.4, -0.2) is 32.2 Å². The Kier molecular flexibility index (Phi) is 4.77. The largest absolute Gasteiger partial charge is 0.444 e. The number of carbonyl (C=O) groups excluding carboxylic acids is 1. The van der Waals surface area contributed by atoms with E-state index in [9.17, 15) is 18.0 Å². The van der Waals surface area contributed by atoms with Crippen LogP contribution in [-0.2, 0) is 11.7 Å². The Balaban J connectivity index is 1.46. The number of benzene rings is 1. The molecule has 2 fully saturated rings. The zero-order chi connectivity index (χ0) is 23.5. The Bertz CT molecular complexity index is 1220. The standard InChI is InChI=1S/C22H22F3N5O3/c1-11-6-15-9-21(8-11,19-29-28-13(3)33-19)30(15)20(31)27-14-4-5-17(22(23,24)25)16(7-14)18-26-12(2)10-32-18/h4-5,7,10-11,15H,6,8-9H2,1-3H3,(H,27,31)/t11-,15-,21+/m1/s1. The first-order chi connectivity index (χ1) is 15.6. The Morgan fingerprint density at radius 1 is 1.24 bits per heavy atom. The van der Waals surface area contributed by atoms with E-state index in [2.05, 4.69) is 27.4 Å². The normalized spacial score (nSPS) is 24.5. The van der Waals surface area contributed by atoms with Crippen LogP contribution in [0.25, 0.3) is 11.5 Å². The first kappa shape index (κ1) is 21.5. The molecule has 4 heterocycles. The number of nitrogens with one attached hydrogen (secondary N) is 1. The number of amides is 2. The van der Waals surface area contributed by atoms with Gasteiger partial charge in [0.1, 0.15) is 11.8 Å². The molecule has 2 aromatic heterocycles. The highest BCUT2D eigenvalue weighted by molar-refractivity contribution is 5.92. The van der Waals surface area contributed by atoms with Gasteiger partial charge in [-0.05, 0) is 43.9 Å². The number of piperidine rings is 1. The monoisotopic (exact) mass is 461 g/mol. The summed E-state index contributed by atoms with van der Waals surface area (Å²) in [7, 11) is 0. The zero-order valence-corrected chi connectivity index (χ0v) is 18.2. The molecule has 2 bridgehead atoms. The van der Waals surface area contributed by atoms with Crippen LogP contribution < -0.4 is 5.32 Å². The van der Waals surface area contributed by atoms with Gasteiger partial charge in [-0.1, -0.05) is 6.92 Å². The smallest absolute Gasteiger partial charge is 0.417 e. The van der Waals surface area contributed by atoms with Gasteiger partial charge >= 0.3 is 12.2 Å². The van der Waals surface area contributed by atoms with Crippen molar-refractivity contribution in [3.63, 3.8) is 0 Å². The minimum Gasteiger partial charge on any atom is -0.444 e. The maximum atomic E-state index is 13.6. The average molecular weight is 461 g/mol. The summed E-state index contributed by atoms with van der Waals surface area (Å²) in [5, 5.41) is 10.8. The van der Waals surface area contributed by atoms with Crippen LogP contribution in [0.5, 0.6) is 0 Å². The highest BCUT2D eigenvalue weighted by atomic mass is 19.4. The van der Waals surface area contributed by atoms with E-state index < -0.39 is 23.3 Å². The van der Waals surface area contributed by atoms with Crippen molar-refractivity contribution in [1.82, 2.24) is 20.1 Å². The summed E-state index contributed by atoms with van der Waals surface area (Å²) < 4.78 is 51.6. The molecule has 3 atom stereocenters. The second-order valence-electron chi connectivity index (χ2n) is 8.91. The van der Waals surface area contributed by atoms with Crippen molar-refractivity contribution in [2.75, 3.05) is 5.32 Å². The van der Waals surface area contributed by atoms with Gasteiger partial charge in [0.05, 0.1) is 16.8 Å². The van der Waals surface area contributed by atoms with E-state index in [1.807, 2.05) is 0 Å². The molecule has 1 aromatic carbocycles. The van der Waals surface area contributed by atoms with Crippen LogP contribution in [0.1, 0.15) is 49.2 Å². The lowest BCUT2D eigenvalue weighted by atomic mass is 9.64. The molecule has 33 heavy (non-hydrogen) atoms. The van der Waals surface area contributed by atoms with Crippen LogP contribution >= 0.6 is 0 Å². The molecule has 0 radical (unpaired) electrons. The number of carbonyl (C=O) groups is 1. The van der Waals surface area contributed by atoms with Crippen LogP contribution in [0.3, 0.4) is 0 Å². The van der Waals surface area contributed by atoms with Crippen molar-refractivity contribution in [2.24, 2.45) is 5.92 Å². The fourth-order valence-corrected chi connectivity index (χ4v) is 5.14. The summed E-state index contributed by atoms with van der Waals surface area (Å²) >= 11 is 0. The van der Waals surface area contributed by atoms with Crippen LogP contribution in [0.4, 0.5) is 23.7 Å². The van der Waals surface area contributed by atoms with Gasteiger partial charge < -0.3 is 19.1 Å². The fourth-order valence-electron chi connectivity index (χ4n) is 5.14. The number of fused-ring (bicyclic) bond motifs is 2. The number of aromatic nitrogens is 3. The molecular formula is C22H22F3N5O3. The molecular weight excluding hydrogens is 439 g/mol. The van der Waals surface area contributed by atoms with Gasteiger partial charge in [-0.25, -0.2) is 9.78 Å². The third-order valence-corrected chi connectivity index (χ3v) is 6.33. The van der Waals surface area contributed by atoms with Gasteiger partial charge in [0.15, 0.2) is 0 Å². The number of halogens is 3. The lowest BCUT2D eigenvalue weighted by molar-refractivity contribution is -0.137. The van der Waals surface area contributed by atoms with E-state index in [1.165, 1.54) is 18.4 Å². The predicted molar refractivity (Wildman–Crippen MR) is 110 cm³/mol. The van der Waals surface area contributed by atoms with E-state index in [-0.39, 0.29) is 23.2 Å². The summed E-state index contributed by atoms with van der Waals surface area (Å²) in [6, 6.07) is 2.93. The highest BCUT2D eigenvalue weighted by Crippen LogP contribution is 2.55. The Morgan fingerprint density at radius 2 is 2.03 bits per heavy atom. The molecule has 0 saturated carbocycles. The van der Waals surface area contributed by atoms with E-state index in [0.717, 1.165) is 12.5 Å². The highest BCUT2D eigenvalue weighted by Gasteiger charge is 2.62. The number of urea groups is 1. The summed E-state index contributed by atoms with van der Waals surface area (Å²) in [4.78, 5) is 19.0. The van der Waals surface area contributed by atoms with Gasteiger partial charge in [0.2, 0.25) is 17.7 Å². The maximum Gasteiger partial charge on any atom is 0.417 e. The van der Waals surface area contributed by atoms with E-state index in [1.54, 1.807) is 18.7 Å². The second kappa shape index (κ2) is 7.32. The quantitative estimate of drug-likeness (QED) is 0.569. The maximum absolute atomic E-state index is 13.6. The Hall–Kier alpha value is -3.37. The van der Waals surface area contributed by atoms with Crippen molar-refractivity contribution in [1.29, 1.82) is 0 Å². The molecule has 2 aliphatic heterocycles. The average Bonchev–Trinajstić information content (AvgIpc) is 3.35. The van der Waals surface area contributed by atoms with Crippen molar-refractivity contribution < 1.29 is 26.8 Å². The lowest BCUT2D eigenvalue weighted by Crippen LogP contribution is -2.70. The van der Waals surface area contributed by atoms with Crippen LogP contribution in [0, 0.1) is 19.8 Å². The molecule has 0 unspecified atom stereocenters. The summed E-state index contributed by atoms with van der Waals surface area (Å²) in [6.07, 6.45) is -1.12. The molecule has 2 amide bonds. The van der Waals surface area contributed by atoms with E-state index in [0.29, 0.717) is 36.2 Å². The zero-order valence-electron chi connectivity index (χ0n) is 18.2. The molecule has 0 aliphatic carbocycles. The second-order valence-corrected chi connectivity index (χ2v) is 8.91. The topological polar surface area (TPSA) is 97.3 Å². The van der Waals surface area contributed by atoms with Gasteiger partial charge in [0.25, 0.3) is 0 Å². The van der Waals surface area contributed by atoms with Gasteiger partial charge in [-0.2, -0.15) is 13.2 Å². The SMILES string of the molecule is Cc1coc(-c2cc(NC(=O)N3[C@@H]4C[C@@H](C)C[C@@]3(c3nnc(C)o3)C4)ccc2C(F)(F)F)n1. The molecule has 1 N–H and O–H groups in total. The molecule has 2 aliphatic rings. The fraction of sp³-hybridized carbons (Fsp3) is 0.455. The number of oxazole rings is 1. The molecule has 174 valence electrons. The summed E-state index contributed by atoms with van der Waals surface area (Å²) in [6.45, 7) is 5.42. The number of rotatable bonds is 3. The van der Waals surface area contributed by atoms with E-state index >= 15 is 0 Å². The van der Waals surface area contributed by atoms with Crippen molar-refractivity contribution in [3.05, 3.63) is 47.5 Å². The summed E-state index contributed by atoms with van der Waals surface area (Å²) in [5.41, 5.74) is -1.19. The van der Waals surface area contributed by atoms with E-state index in [4.69, 9.17) is 8.83 Å². The lowest BCUT2D eigenvalue weighted by Gasteiger charge is -2.61. The number of hydrogen-bond donors (Lipinski definition) is 1. The van der Waals surface area contributed by atoms with Crippen LogP contribution in [0.2, 0.25) is 0 Å². The minimum atomic E-state index is -4.61. The molecule has 11 heteroatoms. The van der Waals surface area contributed by atoms with Crippen molar-refractivity contribution >= 4 is 11.7 Å². The number of anilines is 1. The molecule has 8 nitrogen and oxygen atoms in total. The van der Waals surface area contributed by atoms with Crippen LogP contribution in [0.15, 0.2) is 33.3 Å². The number of aryl methyl sites for hydroxylation is 2. The van der Waals surface area contributed by atoms with Crippen molar-refractivity contribution in [3.8, 4) is 11.5 Å². The summed E-state index contributed by atoms with van der Waals surface area (Å²) in [5.74, 6) is 1.01. The van der Waals surface area contributed by atoms with Gasteiger partial charge in [0, 0.05) is 25.1 Å². The molecule has 3 aromatic rings. The van der Waals surface area contributed by atoms with Gasteiger partial charge in [-0.3, -0.25) is 0 Å². The Morgan fingerprint density at radius 3 is 2.67 bits per heavy atom. The number of nitrogens with zero attached hydrogens (tertiary/aromatic N) is 4. The van der Waals surface area contributed by atoms with Crippen molar-refractivity contribution in [2.45, 2.75) is 57.8 Å². The molecule has 2 saturated heterocycles.